The van der Waals surface area contributed by atoms with Crippen LogP contribution in [0.25, 0.3) is 4.96 Å². The van der Waals surface area contributed by atoms with Crippen LogP contribution in [0.5, 0.6) is 0 Å². The number of thiazole rings is 1. The monoisotopic (exact) mass is 252 g/mol. The highest BCUT2D eigenvalue weighted by Crippen LogP contribution is 2.25. The van der Waals surface area contributed by atoms with Gasteiger partial charge in [-0.15, -0.1) is 11.3 Å². The van der Waals surface area contributed by atoms with E-state index in [-0.39, 0.29) is 0 Å². The van der Waals surface area contributed by atoms with Crippen LogP contribution in [0.4, 0.5) is 5.82 Å². The Balaban J connectivity index is 2.42. The molecule has 0 aliphatic rings. The topological polar surface area (TPSA) is 46.6 Å². The van der Waals surface area contributed by atoms with Crippen LogP contribution < -0.4 is 10.6 Å². The fraction of sp³-hybridized carbons (Fsp3) is 0.583. The third kappa shape index (κ3) is 2.30. The molecular weight excluding hydrogens is 232 g/mol. The first-order chi connectivity index (χ1) is 8.31. The summed E-state index contributed by atoms with van der Waals surface area (Å²) >= 11 is 1.68. The minimum atomic E-state index is 0.667. The molecule has 0 aliphatic carbocycles. The average molecular weight is 252 g/mol. The molecule has 0 atom stereocenters. The number of anilines is 1. The highest BCUT2D eigenvalue weighted by molar-refractivity contribution is 7.15. The Kier molecular flexibility index (Phi) is 4.02. The van der Waals surface area contributed by atoms with Gasteiger partial charge in [-0.25, -0.2) is 4.98 Å². The Morgan fingerprint density at radius 2 is 2.29 bits per heavy atom. The first kappa shape index (κ1) is 12.4. The predicted octanol–water partition coefficient (Wildman–Crippen LogP) is 2.13. The third-order valence-electron chi connectivity index (χ3n) is 2.90. The molecule has 0 amide bonds. The van der Waals surface area contributed by atoms with Gasteiger partial charge < -0.3 is 10.6 Å². The summed E-state index contributed by atoms with van der Waals surface area (Å²) in [6.45, 7) is 7.09. The molecule has 2 aromatic rings. The minimum absolute atomic E-state index is 0.667. The molecular formula is C12H20N4S. The van der Waals surface area contributed by atoms with E-state index in [2.05, 4.69) is 34.7 Å². The van der Waals surface area contributed by atoms with Gasteiger partial charge >= 0.3 is 0 Å². The molecule has 0 spiro atoms. The summed E-state index contributed by atoms with van der Waals surface area (Å²) in [5.74, 6) is 1.12. The Morgan fingerprint density at radius 1 is 1.47 bits per heavy atom. The second kappa shape index (κ2) is 5.51. The highest BCUT2D eigenvalue weighted by Gasteiger charge is 2.16. The van der Waals surface area contributed by atoms with E-state index >= 15 is 0 Å². The summed E-state index contributed by atoms with van der Waals surface area (Å²) in [5.41, 5.74) is 6.96. The molecule has 0 radical (unpaired) electrons. The van der Waals surface area contributed by atoms with Gasteiger partial charge in [0, 0.05) is 31.1 Å². The van der Waals surface area contributed by atoms with Gasteiger partial charge in [-0.05, 0) is 19.9 Å². The molecule has 2 aromatic heterocycles. The van der Waals surface area contributed by atoms with E-state index < -0.39 is 0 Å². The largest absolute Gasteiger partial charge is 0.355 e. The first-order valence-corrected chi connectivity index (χ1v) is 7.09. The fourth-order valence-corrected chi connectivity index (χ4v) is 2.86. The van der Waals surface area contributed by atoms with E-state index in [0.29, 0.717) is 6.54 Å². The van der Waals surface area contributed by atoms with Gasteiger partial charge in [0.2, 0.25) is 0 Å². The zero-order valence-electron chi connectivity index (χ0n) is 10.5. The molecule has 0 saturated heterocycles. The van der Waals surface area contributed by atoms with Gasteiger partial charge in [-0.3, -0.25) is 4.40 Å². The SMILES string of the molecule is CCCN(CC)c1nc2sccn2c1CCN. The van der Waals surface area contributed by atoms with Gasteiger partial charge in [0.15, 0.2) is 10.8 Å². The Bertz CT molecular complexity index is 474. The second-order valence-electron chi connectivity index (χ2n) is 4.06. The molecule has 17 heavy (non-hydrogen) atoms. The van der Waals surface area contributed by atoms with Gasteiger partial charge in [0.1, 0.15) is 0 Å². The van der Waals surface area contributed by atoms with Crippen molar-refractivity contribution in [1.29, 1.82) is 0 Å². The molecule has 0 unspecified atom stereocenters. The number of nitrogens with two attached hydrogens (primary N) is 1. The van der Waals surface area contributed by atoms with Crippen molar-refractivity contribution in [3.05, 3.63) is 17.3 Å². The maximum atomic E-state index is 5.71. The summed E-state index contributed by atoms with van der Waals surface area (Å²) in [7, 11) is 0. The van der Waals surface area contributed by atoms with Crippen molar-refractivity contribution in [3.63, 3.8) is 0 Å². The number of aromatic nitrogens is 2. The van der Waals surface area contributed by atoms with E-state index in [4.69, 9.17) is 10.7 Å². The van der Waals surface area contributed by atoms with Gasteiger partial charge in [0.25, 0.3) is 0 Å². The van der Waals surface area contributed by atoms with Crippen LogP contribution in [0.2, 0.25) is 0 Å². The fourth-order valence-electron chi connectivity index (χ4n) is 2.13. The molecule has 94 valence electrons. The maximum Gasteiger partial charge on any atom is 0.195 e. The molecule has 0 saturated carbocycles. The number of fused-ring (bicyclic) bond motifs is 1. The normalized spacial score (nSPS) is 11.2. The molecule has 2 heterocycles. The highest BCUT2D eigenvalue weighted by atomic mass is 32.1. The van der Waals surface area contributed by atoms with Crippen molar-refractivity contribution in [1.82, 2.24) is 9.38 Å². The van der Waals surface area contributed by atoms with Crippen molar-refractivity contribution in [2.75, 3.05) is 24.5 Å². The van der Waals surface area contributed by atoms with Crippen molar-refractivity contribution in [2.45, 2.75) is 26.7 Å². The lowest BCUT2D eigenvalue weighted by Crippen LogP contribution is -2.25. The average Bonchev–Trinajstić information content (AvgIpc) is 2.89. The lowest BCUT2D eigenvalue weighted by molar-refractivity contribution is 0.770. The number of nitrogens with zero attached hydrogens (tertiary/aromatic N) is 3. The van der Waals surface area contributed by atoms with Crippen molar-refractivity contribution >= 4 is 22.1 Å². The van der Waals surface area contributed by atoms with E-state index in [1.165, 1.54) is 5.69 Å². The van der Waals surface area contributed by atoms with E-state index in [9.17, 15) is 0 Å². The summed E-state index contributed by atoms with van der Waals surface area (Å²) < 4.78 is 2.17. The van der Waals surface area contributed by atoms with Gasteiger partial charge in [0.05, 0.1) is 5.69 Å². The minimum Gasteiger partial charge on any atom is -0.355 e. The standard InChI is InChI=1S/C12H20N4S/c1-3-7-15(4-2)11-10(5-6-13)16-8-9-17-12(16)14-11/h8-9H,3-7,13H2,1-2H3. The number of hydrogen-bond donors (Lipinski definition) is 1. The quantitative estimate of drug-likeness (QED) is 0.856. The molecule has 0 aliphatic heterocycles. The zero-order valence-corrected chi connectivity index (χ0v) is 11.3. The number of rotatable bonds is 6. The summed E-state index contributed by atoms with van der Waals surface area (Å²) in [6, 6.07) is 0. The van der Waals surface area contributed by atoms with Crippen molar-refractivity contribution in [3.8, 4) is 0 Å². The van der Waals surface area contributed by atoms with E-state index in [1.807, 2.05) is 0 Å². The van der Waals surface area contributed by atoms with Gasteiger partial charge in [-0.2, -0.15) is 0 Å². The summed E-state index contributed by atoms with van der Waals surface area (Å²) in [6.07, 6.45) is 4.11. The van der Waals surface area contributed by atoms with E-state index in [1.54, 1.807) is 11.3 Å². The molecule has 0 aromatic carbocycles. The Hall–Kier alpha value is -1.07. The van der Waals surface area contributed by atoms with Crippen LogP contribution >= 0.6 is 11.3 Å². The molecule has 2 rings (SSSR count). The molecule has 5 heteroatoms. The second-order valence-corrected chi connectivity index (χ2v) is 4.93. The van der Waals surface area contributed by atoms with E-state index in [0.717, 1.165) is 36.7 Å². The van der Waals surface area contributed by atoms with Gasteiger partial charge in [-0.1, -0.05) is 6.92 Å². The summed E-state index contributed by atoms with van der Waals surface area (Å²) in [5, 5.41) is 2.07. The van der Waals surface area contributed by atoms with Crippen LogP contribution in [-0.2, 0) is 6.42 Å². The third-order valence-corrected chi connectivity index (χ3v) is 3.65. The number of imidazole rings is 1. The zero-order chi connectivity index (χ0) is 12.3. The van der Waals surface area contributed by atoms with Crippen LogP contribution in [0.1, 0.15) is 26.0 Å². The molecule has 4 nitrogen and oxygen atoms in total. The smallest absolute Gasteiger partial charge is 0.195 e. The Morgan fingerprint density at radius 3 is 2.94 bits per heavy atom. The predicted molar refractivity (Wildman–Crippen MR) is 74.0 cm³/mol. The summed E-state index contributed by atoms with van der Waals surface area (Å²) in [4.78, 5) is 8.14. The first-order valence-electron chi connectivity index (χ1n) is 6.21. The van der Waals surface area contributed by atoms with Crippen molar-refractivity contribution < 1.29 is 0 Å². The van der Waals surface area contributed by atoms with Crippen LogP contribution in [-0.4, -0.2) is 29.0 Å². The maximum absolute atomic E-state index is 5.71. The Labute approximate surface area is 106 Å². The lowest BCUT2D eigenvalue weighted by atomic mass is 10.3. The molecule has 2 N–H and O–H groups in total. The molecule has 0 fully saturated rings. The number of hydrogen-bond acceptors (Lipinski definition) is 4. The van der Waals surface area contributed by atoms with Crippen LogP contribution in [0.15, 0.2) is 11.6 Å². The lowest BCUT2D eigenvalue weighted by Gasteiger charge is -2.21. The molecule has 0 bridgehead atoms. The van der Waals surface area contributed by atoms with Crippen LogP contribution in [0.3, 0.4) is 0 Å². The van der Waals surface area contributed by atoms with Crippen molar-refractivity contribution in [2.24, 2.45) is 5.73 Å². The van der Waals surface area contributed by atoms with Crippen LogP contribution in [0, 0.1) is 0 Å².